The van der Waals surface area contributed by atoms with Gasteiger partial charge in [-0.1, -0.05) is 36.4 Å². The maximum atomic E-state index is 13.1. The van der Waals surface area contributed by atoms with E-state index >= 15 is 0 Å². The van der Waals surface area contributed by atoms with Crippen molar-refractivity contribution >= 4 is 5.78 Å². The molecule has 1 spiro atoms. The fraction of sp³-hybridized carbons (Fsp3) is 0.235. The van der Waals surface area contributed by atoms with Crippen LogP contribution < -0.4 is 0 Å². The lowest BCUT2D eigenvalue weighted by atomic mass is 9.78. The van der Waals surface area contributed by atoms with Crippen molar-refractivity contribution in [1.82, 2.24) is 0 Å². The van der Waals surface area contributed by atoms with Crippen LogP contribution in [0.3, 0.4) is 0 Å². The first-order valence-corrected chi connectivity index (χ1v) is 6.97. The molecule has 0 amide bonds. The maximum Gasteiger partial charge on any atom is 0.193 e. The summed E-state index contributed by atoms with van der Waals surface area (Å²) in [5.41, 5.74) is 1.85. The largest absolute Gasteiger partial charge is 0.291 e. The van der Waals surface area contributed by atoms with Gasteiger partial charge in [0.2, 0.25) is 0 Å². The normalized spacial score (nSPS) is 26.5. The third-order valence-electron chi connectivity index (χ3n) is 4.48. The van der Waals surface area contributed by atoms with Crippen LogP contribution in [0.4, 0.5) is 4.39 Å². The van der Waals surface area contributed by atoms with Crippen LogP contribution in [0.1, 0.15) is 27.4 Å². The highest BCUT2D eigenvalue weighted by molar-refractivity contribution is 6.08. The molecule has 2 aromatic carbocycles. The lowest BCUT2D eigenvalue weighted by molar-refractivity contribution is 0.0897. The van der Waals surface area contributed by atoms with Gasteiger partial charge < -0.3 is 0 Å². The monoisotopic (exact) mass is 280 g/mol. The molecule has 2 atom stereocenters. The molecule has 2 aliphatic rings. The first kappa shape index (κ1) is 12.4. The molecular formula is C17H13FN2O. The highest BCUT2D eigenvalue weighted by Crippen LogP contribution is 2.46. The molecule has 0 aromatic heterocycles. The van der Waals surface area contributed by atoms with Crippen molar-refractivity contribution in [2.24, 2.45) is 10.2 Å². The highest BCUT2D eigenvalue weighted by Gasteiger charge is 2.54. The first-order valence-electron chi connectivity index (χ1n) is 6.97. The Labute approximate surface area is 121 Å². The standard InChI is InChI=1S/C17H13FN2O/c18-13-7-5-11(6-8-13)15-10-19-20-17(15)9-12-3-1-2-4-14(12)16(17)21/h1-8,15H,9-10H2/t15-,17+/m0/s1. The summed E-state index contributed by atoms with van der Waals surface area (Å²) in [5.74, 6) is -0.354. The molecule has 1 aliphatic carbocycles. The summed E-state index contributed by atoms with van der Waals surface area (Å²) in [4.78, 5) is 12.8. The third kappa shape index (κ3) is 1.68. The van der Waals surface area contributed by atoms with Crippen LogP contribution in [0, 0.1) is 5.82 Å². The Bertz CT molecular complexity index is 754. The van der Waals surface area contributed by atoms with E-state index in [-0.39, 0.29) is 17.5 Å². The molecule has 2 aromatic rings. The SMILES string of the molecule is O=C1c2ccccc2C[C@]12N=NC[C@H]2c1ccc(F)cc1. The number of Topliss-reactive ketones (excluding diaryl/α,β-unsaturated/α-hetero) is 1. The van der Waals surface area contributed by atoms with E-state index in [0.717, 1.165) is 16.7 Å². The van der Waals surface area contributed by atoms with Gasteiger partial charge in [0.15, 0.2) is 11.3 Å². The van der Waals surface area contributed by atoms with Gasteiger partial charge in [0.05, 0.1) is 6.54 Å². The van der Waals surface area contributed by atoms with Crippen LogP contribution in [0.2, 0.25) is 0 Å². The molecule has 4 rings (SSSR count). The molecule has 1 heterocycles. The smallest absolute Gasteiger partial charge is 0.193 e. The average molecular weight is 280 g/mol. The average Bonchev–Trinajstić information content (AvgIpc) is 3.04. The fourth-order valence-corrected chi connectivity index (χ4v) is 3.41. The second-order valence-electron chi connectivity index (χ2n) is 5.62. The lowest BCUT2D eigenvalue weighted by Crippen LogP contribution is -2.38. The van der Waals surface area contributed by atoms with Gasteiger partial charge in [-0.25, -0.2) is 4.39 Å². The van der Waals surface area contributed by atoms with E-state index in [1.165, 1.54) is 12.1 Å². The van der Waals surface area contributed by atoms with Crippen molar-refractivity contribution < 1.29 is 9.18 Å². The predicted molar refractivity (Wildman–Crippen MR) is 76.1 cm³/mol. The van der Waals surface area contributed by atoms with E-state index in [9.17, 15) is 9.18 Å². The number of halogens is 1. The third-order valence-corrected chi connectivity index (χ3v) is 4.48. The van der Waals surface area contributed by atoms with E-state index in [1.54, 1.807) is 12.1 Å². The topological polar surface area (TPSA) is 41.8 Å². The van der Waals surface area contributed by atoms with Gasteiger partial charge in [-0.05, 0) is 23.3 Å². The minimum atomic E-state index is -0.832. The van der Waals surface area contributed by atoms with Crippen LogP contribution in [0.25, 0.3) is 0 Å². The van der Waals surface area contributed by atoms with Gasteiger partial charge in [-0.15, -0.1) is 0 Å². The molecule has 0 bridgehead atoms. The molecular weight excluding hydrogens is 267 g/mol. The van der Waals surface area contributed by atoms with Gasteiger partial charge in [-0.2, -0.15) is 10.2 Å². The zero-order valence-electron chi connectivity index (χ0n) is 11.3. The van der Waals surface area contributed by atoms with E-state index in [2.05, 4.69) is 10.2 Å². The molecule has 0 radical (unpaired) electrons. The highest BCUT2D eigenvalue weighted by atomic mass is 19.1. The quantitative estimate of drug-likeness (QED) is 0.787. The summed E-state index contributed by atoms with van der Waals surface area (Å²) < 4.78 is 13.1. The summed E-state index contributed by atoms with van der Waals surface area (Å²) in [5, 5.41) is 8.47. The van der Waals surface area contributed by atoms with Crippen molar-refractivity contribution in [2.45, 2.75) is 17.9 Å². The second-order valence-corrected chi connectivity index (χ2v) is 5.62. The summed E-state index contributed by atoms with van der Waals surface area (Å²) in [6.45, 7) is 0.478. The number of hydrogen-bond acceptors (Lipinski definition) is 3. The maximum absolute atomic E-state index is 13.1. The van der Waals surface area contributed by atoms with Crippen LogP contribution >= 0.6 is 0 Å². The minimum Gasteiger partial charge on any atom is -0.291 e. The van der Waals surface area contributed by atoms with Gasteiger partial charge in [-0.3, -0.25) is 4.79 Å². The van der Waals surface area contributed by atoms with E-state index in [1.807, 2.05) is 24.3 Å². The molecule has 0 saturated heterocycles. The molecule has 104 valence electrons. The van der Waals surface area contributed by atoms with E-state index in [0.29, 0.717) is 13.0 Å². The summed E-state index contributed by atoms with van der Waals surface area (Å²) in [6.07, 6.45) is 0.577. The van der Waals surface area contributed by atoms with E-state index < -0.39 is 5.54 Å². The Balaban J connectivity index is 1.79. The Morgan fingerprint density at radius 1 is 1.10 bits per heavy atom. The number of rotatable bonds is 1. The molecule has 0 unspecified atom stereocenters. The van der Waals surface area contributed by atoms with Crippen molar-refractivity contribution in [2.75, 3.05) is 6.54 Å². The second kappa shape index (κ2) is 4.32. The van der Waals surface area contributed by atoms with Crippen LogP contribution in [0.15, 0.2) is 58.8 Å². The fourth-order valence-electron chi connectivity index (χ4n) is 3.41. The number of benzene rings is 2. The number of nitrogens with zero attached hydrogens (tertiary/aromatic N) is 2. The number of carbonyl (C=O) groups excluding carboxylic acids is 1. The van der Waals surface area contributed by atoms with Crippen LogP contribution in [-0.2, 0) is 6.42 Å². The molecule has 0 saturated carbocycles. The van der Waals surface area contributed by atoms with Crippen molar-refractivity contribution in [1.29, 1.82) is 0 Å². The zero-order valence-corrected chi connectivity index (χ0v) is 11.3. The number of fused-ring (bicyclic) bond motifs is 1. The van der Waals surface area contributed by atoms with Crippen LogP contribution in [0.5, 0.6) is 0 Å². The number of carbonyl (C=O) groups is 1. The van der Waals surface area contributed by atoms with Gasteiger partial charge >= 0.3 is 0 Å². The van der Waals surface area contributed by atoms with Crippen molar-refractivity contribution in [3.05, 3.63) is 71.0 Å². The number of ketones is 1. The Morgan fingerprint density at radius 3 is 2.62 bits per heavy atom. The number of hydrogen-bond donors (Lipinski definition) is 0. The minimum absolute atomic E-state index is 0.0358. The molecule has 21 heavy (non-hydrogen) atoms. The lowest BCUT2D eigenvalue weighted by Gasteiger charge is -2.25. The Kier molecular flexibility index (Phi) is 2.55. The summed E-state index contributed by atoms with van der Waals surface area (Å²) >= 11 is 0. The Morgan fingerprint density at radius 2 is 1.86 bits per heavy atom. The molecule has 4 heteroatoms. The predicted octanol–water partition coefficient (Wildman–Crippen LogP) is 3.55. The van der Waals surface area contributed by atoms with Crippen LogP contribution in [-0.4, -0.2) is 17.9 Å². The molecule has 1 aliphatic heterocycles. The number of azo groups is 1. The van der Waals surface area contributed by atoms with Gasteiger partial charge in [0.1, 0.15) is 5.82 Å². The van der Waals surface area contributed by atoms with Crippen molar-refractivity contribution in [3.8, 4) is 0 Å². The molecule has 3 nitrogen and oxygen atoms in total. The Hall–Kier alpha value is -2.36. The van der Waals surface area contributed by atoms with E-state index in [4.69, 9.17) is 0 Å². The first-order chi connectivity index (χ1) is 10.2. The van der Waals surface area contributed by atoms with Gasteiger partial charge in [0.25, 0.3) is 0 Å². The molecule has 0 fully saturated rings. The van der Waals surface area contributed by atoms with Crippen molar-refractivity contribution in [3.63, 3.8) is 0 Å². The van der Waals surface area contributed by atoms with Gasteiger partial charge in [0, 0.05) is 17.9 Å². The summed E-state index contributed by atoms with van der Waals surface area (Å²) in [6, 6.07) is 13.9. The summed E-state index contributed by atoms with van der Waals surface area (Å²) in [7, 11) is 0. The zero-order chi connectivity index (χ0) is 14.4. The molecule has 0 N–H and O–H groups in total.